The van der Waals surface area contributed by atoms with Crippen molar-refractivity contribution in [2.75, 3.05) is 21.2 Å². The number of cyclic esters (lactones) is 1. The molecule has 0 spiro atoms. The standard InChI is InChI=1S/C31H51NO12/c1-12-19-31(8)26(43-29(38)44-31)15(3)21(33)14(2)13-30(7,39-11)25(16(4)22(34)17(5)27(37)41-19)42-28-24(36)20(32(9)10)23(35)18(6)40-28/h14-20,23-26,28,35-36H,12-13H2,1-11H3/t14-,15+,16+,17-,18-,19-,20+,23-,24-,25-,26-,28+,30-,31-/m1/s1. The number of nitrogens with zero attached hydrogens (tertiary/aromatic N) is 1. The highest BCUT2D eigenvalue weighted by atomic mass is 16.8. The van der Waals surface area contributed by atoms with E-state index in [1.54, 1.807) is 67.5 Å². The molecule has 13 nitrogen and oxygen atoms in total. The van der Waals surface area contributed by atoms with Crippen LogP contribution in [0.5, 0.6) is 0 Å². The van der Waals surface area contributed by atoms with Crippen molar-refractivity contribution in [3.63, 3.8) is 0 Å². The third kappa shape index (κ3) is 6.68. The molecule has 3 rings (SSSR count). The molecule has 0 amide bonds. The van der Waals surface area contributed by atoms with E-state index in [4.69, 9.17) is 28.4 Å². The SMILES string of the molecule is CC[C@H]1OC(=O)[C@H](C)C(=O)[C@H](C)[C@@H](O[C@@H]2O[C@H](C)[C@@H](O)[C@H](N(C)C)[C@H]2O)[C@](C)(OC)C[C@@H](C)C(=O)[C@H](C)[C@H]2OC(=O)O[C@@]21C. The first-order valence-electron chi connectivity index (χ1n) is 15.4. The molecule has 13 heteroatoms. The van der Waals surface area contributed by atoms with E-state index in [0.717, 1.165) is 0 Å². The van der Waals surface area contributed by atoms with E-state index >= 15 is 0 Å². The molecule has 0 aliphatic carbocycles. The normalized spacial score (nSPS) is 46.1. The number of hydrogen-bond donors (Lipinski definition) is 2. The number of Topliss-reactive ketones (excluding diaryl/α,β-unsaturated/α-hetero) is 2. The number of aliphatic hydroxyl groups is 2. The summed E-state index contributed by atoms with van der Waals surface area (Å²) in [5.74, 6) is -5.40. The van der Waals surface area contributed by atoms with Crippen molar-refractivity contribution >= 4 is 23.7 Å². The predicted octanol–water partition coefficient (Wildman–Crippen LogP) is 1.88. The Labute approximate surface area is 259 Å². The predicted molar refractivity (Wildman–Crippen MR) is 155 cm³/mol. The highest BCUT2D eigenvalue weighted by Gasteiger charge is 2.59. The van der Waals surface area contributed by atoms with Crippen molar-refractivity contribution in [2.45, 2.75) is 128 Å². The highest BCUT2D eigenvalue weighted by molar-refractivity contribution is 6.00. The Morgan fingerprint density at radius 3 is 2.09 bits per heavy atom. The molecule has 3 fully saturated rings. The Morgan fingerprint density at radius 2 is 1.55 bits per heavy atom. The Bertz CT molecular complexity index is 1080. The molecular weight excluding hydrogens is 578 g/mol. The van der Waals surface area contributed by atoms with Gasteiger partial charge in [-0.3, -0.25) is 14.4 Å². The van der Waals surface area contributed by atoms with Crippen LogP contribution in [0.3, 0.4) is 0 Å². The number of hydrogen-bond acceptors (Lipinski definition) is 13. The average Bonchev–Trinajstić information content (AvgIpc) is 3.28. The summed E-state index contributed by atoms with van der Waals surface area (Å²) >= 11 is 0. The molecule has 0 aromatic heterocycles. The zero-order chi connectivity index (χ0) is 33.5. The lowest BCUT2D eigenvalue weighted by Crippen LogP contribution is -2.64. The Kier molecular flexibility index (Phi) is 11.3. The van der Waals surface area contributed by atoms with E-state index in [1.165, 1.54) is 14.0 Å². The van der Waals surface area contributed by atoms with Gasteiger partial charge in [0.15, 0.2) is 23.8 Å². The van der Waals surface area contributed by atoms with Gasteiger partial charge in [-0.05, 0) is 54.6 Å². The van der Waals surface area contributed by atoms with E-state index in [0.29, 0.717) is 0 Å². The van der Waals surface area contributed by atoms with Gasteiger partial charge in [-0.2, -0.15) is 0 Å². The minimum absolute atomic E-state index is 0.0708. The molecule has 0 aromatic rings. The first-order valence-corrected chi connectivity index (χ1v) is 15.4. The summed E-state index contributed by atoms with van der Waals surface area (Å²) in [7, 11) is 4.85. The molecular formula is C31H51NO12. The van der Waals surface area contributed by atoms with Crippen LogP contribution in [0.2, 0.25) is 0 Å². The van der Waals surface area contributed by atoms with Crippen LogP contribution in [-0.2, 0) is 42.8 Å². The number of carbonyl (C=O) groups excluding carboxylic acids is 4. The number of ketones is 2. The van der Waals surface area contributed by atoms with Gasteiger partial charge in [-0.1, -0.05) is 27.7 Å². The molecule has 44 heavy (non-hydrogen) atoms. The summed E-state index contributed by atoms with van der Waals surface area (Å²) in [5.41, 5.74) is -2.78. The second-order valence-electron chi connectivity index (χ2n) is 13.3. The number of esters is 1. The fourth-order valence-electron chi connectivity index (χ4n) is 7.13. The van der Waals surface area contributed by atoms with E-state index in [9.17, 15) is 29.4 Å². The lowest BCUT2D eigenvalue weighted by atomic mass is 9.74. The fraction of sp³-hybridized carbons (Fsp3) is 0.871. The van der Waals surface area contributed by atoms with Gasteiger partial charge >= 0.3 is 12.1 Å². The van der Waals surface area contributed by atoms with Gasteiger partial charge in [0.25, 0.3) is 0 Å². The Morgan fingerprint density at radius 1 is 0.932 bits per heavy atom. The summed E-state index contributed by atoms with van der Waals surface area (Å²) < 4.78 is 35.1. The monoisotopic (exact) mass is 629 g/mol. The summed E-state index contributed by atoms with van der Waals surface area (Å²) in [6.45, 7) is 13.0. The van der Waals surface area contributed by atoms with Crippen LogP contribution in [0, 0.1) is 23.7 Å². The van der Waals surface area contributed by atoms with Crippen molar-refractivity contribution in [3.8, 4) is 0 Å². The molecule has 3 aliphatic heterocycles. The van der Waals surface area contributed by atoms with Crippen LogP contribution < -0.4 is 0 Å². The largest absolute Gasteiger partial charge is 0.509 e. The van der Waals surface area contributed by atoms with Gasteiger partial charge in [-0.15, -0.1) is 0 Å². The number of aliphatic hydroxyl groups excluding tert-OH is 2. The molecule has 0 aromatic carbocycles. The lowest BCUT2D eigenvalue weighted by Gasteiger charge is -2.48. The second kappa shape index (κ2) is 13.7. The molecule has 0 unspecified atom stereocenters. The number of fused-ring (bicyclic) bond motifs is 1. The van der Waals surface area contributed by atoms with E-state index in [1.807, 2.05) is 0 Å². The van der Waals surface area contributed by atoms with E-state index < -0.39 is 102 Å². The maximum Gasteiger partial charge on any atom is 0.509 e. The molecule has 2 N–H and O–H groups in total. The third-order valence-corrected chi connectivity index (χ3v) is 9.90. The Hall–Kier alpha value is -2.16. The molecule has 3 aliphatic rings. The quantitative estimate of drug-likeness (QED) is 0.334. The first kappa shape index (κ1) is 36.3. The summed E-state index contributed by atoms with van der Waals surface area (Å²) in [6, 6.07) is -0.742. The van der Waals surface area contributed by atoms with Gasteiger partial charge in [0, 0.05) is 18.9 Å². The molecule has 0 radical (unpaired) electrons. The zero-order valence-electron chi connectivity index (χ0n) is 27.8. The van der Waals surface area contributed by atoms with Crippen molar-refractivity contribution in [1.82, 2.24) is 4.90 Å². The van der Waals surface area contributed by atoms with Crippen molar-refractivity contribution in [2.24, 2.45) is 23.7 Å². The van der Waals surface area contributed by atoms with Gasteiger partial charge in [0.2, 0.25) is 0 Å². The summed E-state index contributed by atoms with van der Waals surface area (Å²) in [6.07, 6.45) is -8.17. The Balaban J connectivity index is 2.10. The van der Waals surface area contributed by atoms with Gasteiger partial charge < -0.3 is 43.5 Å². The third-order valence-electron chi connectivity index (χ3n) is 9.90. The van der Waals surface area contributed by atoms with Gasteiger partial charge in [0.05, 0.1) is 35.9 Å². The summed E-state index contributed by atoms with van der Waals surface area (Å²) in [4.78, 5) is 55.3. The van der Waals surface area contributed by atoms with Gasteiger partial charge in [-0.25, -0.2) is 4.79 Å². The van der Waals surface area contributed by atoms with Crippen LogP contribution in [0.15, 0.2) is 0 Å². The molecule has 14 atom stereocenters. The zero-order valence-corrected chi connectivity index (χ0v) is 27.8. The average molecular weight is 630 g/mol. The molecule has 0 bridgehead atoms. The number of ether oxygens (including phenoxy) is 6. The minimum Gasteiger partial charge on any atom is -0.457 e. The number of methoxy groups -OCH3 is 1. The molecule has 3 heterocycles. The van der Waals surface area contributed by atoms with E-state index in [-0.39, 0.29) is 18.6 Å². The first-order chi connectivity index (χ1) is 20.3. The topological polar surface area (TPSA) is 167 Å². The number of rotatable bonds is 5. The van der Waals surface area contributed by atoms with Crippen LogP contribution >= 0.6 is 0 Å². The maximum absolute atomic E-state index is 13.9. The van der Waals surface area contributed by atoms with Crippen LogP contribution in [0.4, 0.5) is 4.79 Å². The van der Waals surface area contributed by atoms with Crippen LogP contribution in [0.25, 0.3) is 0 Å². The van der Waals surface area contributed by atoms with Crippen molar-refractivity contribution in [3.05, 3.63) is 0 Å². The maximum atomic E-state index is 13.9. The van der Waals surface area contributed by atoms with Crippen molar-refractivity contribution < 1.29 is 57.8 Å². The molecule has 0 saturated carbocycles. The highest BCUT2D eigenvalue weighted by Crippen LogP contribution is 2.41. The van der Waals surface area contributed by atoms with Gasteiger partial charge in [0.1, 0.15) is 23.9 Å². The number of carbonyl (C=O) groups is 4. The van der Waals surface area contributed by atoms with Crippen molar-refractivity contribution in [1.29, 1.82) is 0 Å². The second-order valence-corrected chi connectivity index (χ2v) is 13.3. The molecule has 3 saturated heterocycles. The number of likely N-dealkylation sites (N-methyl/N-ethyl adjacent to an activating group) is 1. The minimum atomic E-state index is -1.47. The lowest BCUT2D eigenvalue weighted by molar-refractivity contribution is -0.313. The smallest absolute Gasteiger partial charge is 0.457 e. The molecule has 252 valence electrons. The van der Waals surface area contributed by atoms with Crippen LogP contribution in [-0.4, -0.2) is 120 Å². The van der Waals surface area contributed by atoms with Crippen LogP contribution in [0.1, 0.15) is 68.2 Å². The van der Waals surface area contributed by atoms with E-state index in [2.05, 4.69) is 0 Å². The summed E-state index contributed by atoms with van der Waals surface area (Å²) in [5, 5.41) is 21.9. The fourth-order valence-corrected chi connectivity index (χ4v) is 7.13.